The quantitative estimate of drug-likeness (QED) is 0.875. The fourth-order valence-electron chi connectivity index (χ4n) is 2.89. The Morgan fingerprint density at radius 2 is 2.10 bits per heavy atom. The van der Waals surface area contributed by atoms with E-state index in [-0.39, 0.29) is 0 Å². The highest BCUT2D eigenvalue weighted by Gasteiger charge is 2.19. The third kappa shape index (κ3) is 4.06. The summed E-state index contributed by atoms with van der Waals surface area (Å²) in [5.41, 5.74) is 1.51. The van der Waals surface area contributed by atoms with Crippen LogP contribution in [-0.4, -0.2) is 29.1 Å². The van der Waals surface area contributed by atoms with Gasteiger partial charge in [0.1, 0.15) is 0 Å². The number of rotatable bonds is 5. The van der Waals surface area contributed by atoms with E-state index in [1.807, 2.05) is 6.07 Å². The van der Waals surface area contributed by atoms with Crippen LogP contribution >= 0.6 is 15.9 Å². The number of halogens is 1. The highest BCUT2D eigenvalue weighted by Crippen LogP contribution is 2.25. The summed E-state index contributed by atoms with van der Waals surface area (Å²) >= 11 is 3.49. The number of aromatic carboxylic acids is 1. The number of nitrogens with zero attached hydrogens (tertiary/aromatic N) is 1. The maximum Gasteiger partial charge on any atom is 0.335 e. The number of benzene rings is 1. The van der Waals surface area contributed by atoms with Gasteiger partial charge >= 0.3 is 5.97 Å². The zero-order chi connectivity index (χ0) is 14.5. The van der Waals surface area contributed by atoms with Crippen molar-refractivity contribution in [3.8, 4) is 0 Å². The molecule has 0 bridgehead atoms. The maximum absolute atomic E-state index is 10.9. The van der Waals surface area contributed by atoms with Gasteiger partial charge in [0.05, 0.1) is 5.56 Å². The summed E-state index contributed by atoms with van der Waals surface area (Å²) in [5, 5.41) is 8.97. The summed E-state index contributed by atoms with van der Waals surface area (Å²) in [7, 11) is 0. The van der Waals surface area contributed by atoms with Crippen LogP contribution in [-0.2, 0) is 6.54 Å². The minimum absolute atomic E-state index is 0.335. The number of hydrogen-bond acceptors (Lipinski definition) is 2. The molecule has 1 saturated heterocycles. The average Bonchev–Trinajstić information content (AvgIpc) is 2.43. The molecular weight excluding hydrogens is 318 g/mol. The van der Waals surface area contributed by atoms with E-state index in [1.54, 1.807) is 12.1 Å². The van der Waals surface area contributed by atoms with Crippen molar-refractivity contribution in [1.29, 1.82) is 0 Å². The second-order valence-corrected chi connectivity index (χ2v) is 6.47. The predicted molar refractivity (Wildman–Crippen MR) is 84.0 cm³/mol. The summed E-state index contributed by atoms with van der Waals surface area (Å²) in [5.74, 6) is 0.0201. The fraction of sp³-hybridized carbons (Fsp3) is 0.562. The normalized spacial score (nSPS) is 17.3. The Morgan fingerprint density at radius 3 is 2.65 bits per heavy atom. The highest BCUT2D eigenvalue weighted by atomic mass is 79.9. The molecule has 0 amide bonds. The number of carbonyl (C=O) groups is 1. The largest absolute Gasteiger partial charge is 0.478 e. The van der Waals surface area contributed by atoms with Crippen LogP contribution in [0.25, 0.3) is 0 Å². The molecule has 1 heterocycles. The van der Waals surface area contributed by atoms with Gasteiger partial charge in [0, 0.05) is 11.0 Å². The summed E-state index contributed by atoms with van der Waals surface area (Å²) < 4.78 is 0.896. The first kappa shape index (κ1) is 15.5. The van der Waals surface area contributed by atoms with E-state index in [4.69, 9.17) is 5.11 Å². The van der Waals surface area contributed by atoms with E-state index in [1.165, 1.54) is 31.2 Å². The Morgan fingerprint density at radius 1 is 1.40 bits per heavy atom. The Hall–Kier alpha value is -0.870. The van der Waals surface area contributed by atoms with Gasteiger partial charge in [-0.2, -0.15) is 0 Å². The van der Waals surface area contributed by atoms with Gasteiger partial charge < -0.3 is 5.11 Å². The second-order valence-electron chi connectivity index (χ2n) is 5.62. The number of carboxylic acid groups (broad SMARTS) is 1. The Bertz CT molecular complexity index is 468. The van der Waals surface area contributed by atoms with Gasteiger partial charge in [0.15, 0.2) is 0 Å². The lowest BCUT2D eigenvalue weighted by atomic mass is 9.92. The smallest absolute Gasteiger partial charge is 0.335 e. The van der Waals surface area contributed by atoms with E-state index in [0.29, 0.717) is 5.56 Å². The lowest BCUT2D eigenvalue weighted by Gasteiger charge is -2.32. The average molecular weight is 340 g/mol. The molecule has 0 spiro atoms. The van der Waals surface area contributed by atoms with Crippen molar-refractivity contribution in [2.75, 3.05) is 13.1 Å². The molecule has 0 atom stereocenters. The topological polar surface area (TPSA) is 40.5 Å². The summed E-state index contributed by atoms with van der Waals surface area (Å²) in [6.45, 7) is 5.46. The van der Waals surface area contributed by atoms with Crippen molar-refractivity contribution in [2.24, 2.45) is 5.92 Å². The molecule has 1 fully saturated rings. The summed E-state index contributed by atoms with van der Waals surface area (Å²) in [6, 6.07) is 5.30. The molecule has 110 valence electrons. The zero-order valence-corrected chi connectivity index (χ0v) is 13.5. The SMILES string of the molecule is CCCC1CCN(Cc2ccc(C(=O)O)cc2Br)CC1. The minimum Gasteiger partial charge on any atom is -0.478 e. The van der Waals surface area contributed by atoms with E-state index in [2.05, 4.69) is 27.8 Å². The van der Waals surface area contributed by atoms with Crippen LogP contribution < -0.4 is 0 Å². The van der Waals surface area contributed by atoms with Crippen molar-refractivity contribution >= 4 is 21.9 Å². The molecule has 1 aromatic rings. The molecule has 0 saturated carbocycles. The molecular formula is C16H22BrNO2. The molecule has 3 nitrogen and oxygen atoms in total. The van der Waals surface area contributed by atoms with Crippen LogP contribution in [0.2, 0.25) is 0 Å². The van der Waals surface area contributed by atoms with Crippen molar-refractivity contribution in [2.45, 2.75) is 39.2 Å². The third-order valence-corrected chi connectivity index (χ3v) is 4.84. The van der Waals surface area contributed by atoms with Gasteiger partial charge in [0.2, 0.25) is 0 Å². The number of likely N-dealkylation sites (tertiary alicyclic amines) is 1. The fourth-order valence-corrected chi connectivity index (χ4v) is 3.40. The van der Waals surface area contributed by atoms with Gasteiger partial charge in [-0.15, -0.1) is 0 Å². The summed E-state index contributed by atoms with van der Waals surface area (Å²) in [6.07, 6.45) is 5.22. The molecule has 0 radical (unpaired) electrons. The summed E-state index contributed by atoms with van der Waals surface area (Å²) in [4.78, 5) is 13.4. The van der Waals surface area contributed by atoms with Crippen LogP contribution in [0.1, 0.15) is 48.5 Å². The molecule has 20 heavy (non-hydrogen) atoms. The number of hydrogen-bond donors (Lipinski definition) is 1. The Labute approximate surface area is 129 Å². The molecule has 4 heteroatoms. The van der Waals surface area contributed by atoms with Crippen LogP contribution in [0.3, 0.4) is 0 Å². The van der Waals surface area contributed by atoms with Crippen LogP contribution in [0.4, 0.5) is 0 Å². The lowest BCUT2D eigenvalue weighted by Crippen LogP contribution is -2.33. The van der Waals surface area contributed by atoms with Crippen molar-refractivity contribution in [3.05, 3.63) is 33.8 Å². The minimum atomic E-state index is -0.877. The van der Waals surface area contributed by atoms with Crippen molar-refractivity contribution in [3.63, 3.8) is 0 Å². The first-order chi connectivity index (χ1) is 9.60. The monoisotopic (exact) mass is 339 g/mol. The maximum atomic E-state index is 10.9. The van der Waals surface area contributed by atoms with Gasteiger partial charge in [-0.3, -0.25) is 4.90 Å². The number of carboxylic acids is 1. The van der Waals surface area contributed by atoms with Gasteiger partial charge in [-0.25, -0.2) is 4.79 Å². The standard InChI is InChI=1S/C16H22BrNO2/c1-2-3-12-6-8-18(9-7-12)11-14-5-4-13(16(19)20)10-15(14)17/h4-5,10,12H,2-3,6-9,11H2,1H3,(H,19,20). The first-order valence-corrected chi connectivity index (χ1v) is 8.13. The number of piperidine rings is 1. The highest BCUT2D eigenvalue weighted by molar-refractivity contribution is 9.10. The van der Waals surface area contributed by atoms with Crippen molar-refractivity contribution < 1.29 is 9.90 Å². The molecule has 2 rings (SSSR count). The van der Waals surface area contributed by atoms with E-state index in [9.17, 15) is 4.79 Å². The second kappa shape index (κ2) is 7.23. The van der Waals surface area contributed by atoms with Gasteiger partial charge in [-0.1, -0.05) is 41.8 Å². The van der Waals surface area contributed by atoms with Crippen LogP contribution in [0.15, 0.2) is 22.7 Å². The lowest BCUT2D eigenvalue weighted by molar-refractivity contribution is 0.0696. The van der Waals surface area contributed by atoms with E-state index in [0.717, 1.165) is 30.0 Å². The molecule has 1 aromatic carbocycles. The van der Waals surface area contributed by atoms with Crippen molar-refractivity contribution in [1.82, 2.24) is 4.90 Å². The van der Waals surface area contributed by atoms with Gasteiger partial charge in [-0.05, 0) is 49.5 Å². The molecule has 0 aliphatic carbocycles. The molecule has 1 aliphatic heterocycles. The molecule has 0 aromatic heterocycles. The Balaban J connectivity index is 1.93. The van der Waals surface area contributed by atoms with E-state index >= 15 is 0 Å². The predicted octanol–water partition coefficient (Wildman–Crippen LogP) is 4.16. The molecule has 0 unspecified atom stereocenters. The third-order valence-electron chi connectivity index (χ3n) is 4.10. The molecule has 1 N–H and O–H groups in total. The van der Waals surface area contributed by atoms with Crippen LogP contribution in [0, 0.1) is 5.92 Å². The molecule has 1 aliphatic rings. The van der Waals surface area contributed by atoms with Crippen LogP contribution in [0.5, 0.6) is 0 Å². The first-order valence-electron chi connectivity index (χ1n) is 7.34. The van der Waals surface area contributed by atoms with Gasteiger partial charge in [0.25, 0.3) is 0 Å². The zero-order valence-electron chi connectivity index (χ0n) is 11.9. The Kier molecular flexibility index (Phi) is 5.61. The van der Waals surface area contributed by atoms with E-state index < -0.39 is 5.97 Å².